The molecule has 0 unspecified atom stereocenters. The van der Waals surface area contributed by atoms with E-state index in [0.717, 1.165) is 16.9 Å². The van der Waals surface area contributed by atoms with Crippen molar-refractivity contribution >= 4 is 11.5 Å². The first-order valence-corrected chi connectivity index (χ1v) is 6.32. The number of esters is 1. The van der Waals surface area contributed by atoms with Crippen molar-refractivity contribution in [1.29, 1.82) is 0 Å². The molecule has 3 aromatic rings. The highest BCUT2D eigenvalue weighted by Gasteiger charge is 2.14. The molecule has 0 N–H and O–H groups in total. The van der Waals surface area contributed by atoms with Crippen LogP contribution in [0.2, 0.25) is 0 Å². The Hall–Kier alpha value is -2.62. The summed E-state index contributed by atoms with van der Waals surface area (Å²) in [7, 11) is 1.38. The van der Waals surface area contributed by atoms with E-state index in [4.69, 9.17) is 4.74 Å². The van der Waals surface area contributed by atoms with Gasteiger partial charge in [-0.1, -0.05) is 29.8 Å². The number of hydrogen-bond donors (Lipinski definition) is 0. The van der Waals surface area contributed by atoms with E-state index in [2.05, 4.69) is 4.98 Å². The zero-order valence-electron chi connectivity index (χ0n) is 11.3. The third kappa shape index (κ3) is 1.95. The molecule has 0 amide bonds. The highest BCUT2D eigenvalue weighted by atomic mass is 16.5. The van der Waals surface area contributed by atoms with Gasteiger partial charge < -0.3 is 4.74 Å². The largest absolute Gasteiger partial charge is 0.465 e. The van der Waals surface area contributed by atoms with Crippen LogP contribution >= 0.6 is 0 Å². The molecule has 0 atom stereocenters. The zero-order valence-corrected chi connectivity index (χ0v) is 11.3. The van der Waals surface area contributed by atoms with Crippen molar-refractivity contribution < 1.29 is 9.53 Å². The summed E-state index contributed by atoms with van der Waals surface area (Å²) >= 11 is 0. The van der Waals surface area contributed by atoms with E-state index in [1.54, 1.807) is 12.3 Å². The van der Waals surface area contributed by atoms with Crippen molar-refractivity contribution in [2.45, 2.75) is 6.92 Å². The van der Waals surface area contributed by atoms with Gasteiger partial charge in [0.1, 0.15) is 5.82 Å². The summed E-state index contributed by atoms with van der Waals surface area (Å²) in [5, 5.41) is 0. The van der Waals surface area contributed by atoms with Crippen LogP contribution < -0.4 is 0 Å². The van der Waals surface area contributed by atoms with Gasteiger partial charge in [-0.15, -0.1) is 0 Å². The zero-order chi connectivity index (χ0) is 14.1. The third-order valence-corrected chi connectivity index (χ3v) is 3.29. The number of pyridine rings is 1. The lowest BCUT2D eigenvalue weighted by molar-refractivity contribution is 0.0602. The topological polar surface area (TPSA) is 43.6 Å². The maximum atomic E-state index is 11.8. The highest BCUT2D eigenvalue weighted by Crippen LogP contribution is 2.22. The molecule has 0 radical (unpaired) electrons. The van der Waals surface area contributed by atoms with Gasteiger partial charge in [-0.2, -0.15) is 0 Å². The molecule has 0 spiro atoms. The first kappa shape index (κ1) is 12.4. The second-order valence-electron chi connectivity index (χ2n) is 4.62. The smallest absolute Gasteiger partial charge is 0.340 e. The molecule has 0 aliphatic heterocycles. The fourth-order valence-electron chi connectivity index (χ4n) is 2.22. The number of nitrogens with zero attached hydrogens (tertiary/aromatic N) is 2. The fraction of sp³-hybridized carbons (Fsp3) is 0.125. The number of aryl methyl sites for hydroxylation is 1. The molecule has 4 nitrogen and oxygen atoms in total. The molecule has 3 rings (SSSR count). The van der Waals surface area contributed by atoms with Gasteiger partial charge in [0.15, 0.2) is 0 Å². The number of aromatic nitrogens is 2. The molecule has 20 heavy (non-hydrogen) atoms. The average Bonchev–Trinajstić information content (AvgIpc) is 2.91. The molecule has 2 aromatic heterocycles. The van der Waals surface area contributed by atoms with E-state index in [0.29, 0.717) is 5.56 Å². The van der Waals surface area contributed by atoms with Gasteiger partial charge in [0.2, 0.25) is 0 Å². The lowest BCUT2D eigenvalue weighted by Crippen LogP contribution is -2.03. The summed E-state index contributed by atoms with van der Waals surface area (Å²) in [6.45, 7) is 2.04. The van der Waals surface area contributed by atoms with Crippen molar-refractivity contribution in [1.82, 2.24) is 9.38 Å². The minimum absolute atomic E-state index is 0.356. The molecule has 4 heteroatoms. The van der Waals surface area contributed by atoms with Crippen LogP contribution in [-0.2, 0) is 4.74 Å². The van der Waals surface area contributed by atoms with Crippen LogP contribution in [0.5, 0.6) is 0 Å². The number of benzene rings is 1. The number of rotatable bonds is 2. The summed E-state index contributed by atoms with van der Waals surface area (Å²) in [6.07, 6.45) is 3.59. The molecule has 0 fully saturated rings. The number of hydrogen-bond acceptors (Lipinski definition) is 3. The van der Waals surface area contributed by atoms with E-state index >= 15 is 0 Å². The Kier molecular flexibility index (Phi) is 2.99. The predicted octanol–water partition coefficient (Wildman–Crippen LogP) is 3.10. The Labute approximate surface area is 116 Å². The minimum atomic E-state index is -0.356. The first-order valence-electron chi connectivity index (χ1n) is 6.32. The van der Waals surface area contributed by atoms with Crippen LogP contribution in [0.15, 0.2) is 48.8 Å². The van der Waals surface area contributed by atoms with Crippen molar-refractivity contribution in [2.75, 3.05) is 7.11 Å². The first-order chi connectivity index (χ1) is 9.70. The molecule has 0 saturated heterocycles. The van der Waals surface area contributed by atoms with Crippen LogP contribution in [0.4, 0.5) is 0 Å². The molecule has 100 valence electrons. The third-order valence-electron chi connectivity index (χ3n) is 3.29. The van der Waals surface area contributed by atoms with E-state index in [1.807, 2.05) is 47.9 Å². The number of carbonyl (C=O) groups is 1. The minimum Gasteiger partial charge on any atom is -0.465 e. The van der Waals surface area contributed by atoms with E-state index < -0.39 is 0 Å². The van der Waals surface area contributed by atoms with Crippen LogP contribution in [0.3, 0.4) is 0 Å². The van der Waals surface area contributed by atoms with Crippen LogP contribution in [0.25, 0.3) is 16.9 Å². The molecule has 0 bridgehead atoms. The molecule has 2 heterocycles. The number of carbonyl (C=O) groups excluding carboxylic acids is 1. The molecular formula is C16H14N2O2. The lowest BCUT2D eigenvalue weighted by atomic mass is 10.1. The van der Waals surface area contributed by atoms with Crippen LogP contribution in [0, 0.1) is 6.92 Å². The monoisotopic (exact) mass is 266 g/mol. The predicted molar refractivity (Wildman–Crippen MR) is 76.7 cm³/mol. The Bertz CT molecular complexity index is 773. The summed E-state index contributed by atoms with van der Waals surface area (Å²) in [4.78, 5) is 16.2. The highest BCUT2D eigenvalue weighted by molar-refractivity contribution is 5.97. The van der Waals surface area contributed by atoms with Gasteiger partial charge in [-0.25, -0.2) is 9.78 Å². The van der Waals surface area contributed by atoms with E-state index in [9.17, 15) is 4.79 Å². The Morgan fingerprint density at radius 3 is 2.65 bits per heavy atom. The van der Waals surface area contributed by atoms with Crippen molar-refractivity contribution in [2.24, 2.45) is 0 Å². The number of methoxy groups -OCH3 is 1. The van der Waals surface area contributed by atoms with Gasteiger partial charge in [0.25, 0.3) is 0 Å². The van der Waals surface area contributed by atoms with E-state index in [-0.39, 0.29) is 5.97 Å². The molecule has 0 aliphatic rings. The summed E-state index contributed by atoms with van der Waals surface area (Å²) in [5.74, 6) is 0.455. The second-order valence-corrected chi connectivity index (χ2v) is 4.62. The molecule has 0 saturated carbocycles. The summed E-state index contributed by atoms with van der Waals surface area (Å²) in [5.41, 5.74) is 3.47. The van der Waals surface area contributed by atoms with Gasteiger partial charge in [0.05, 0.1) is 24.4 Å². The Balaban J connectivity index is 2.19. The number of fused-ring (bicyclic) bond motifs is 1. The quantitative estimate of drug-likeness (QED) is 0.669. The van der Waals surface area contributed by atoms with Gasteiger partial charge >= 0.3 is 5.97 Å². The Morgan fingerprint density at radius 2 is 1.95 bits per heavy atom. The fourth-order valence-corrected chi connectivity index (χ4v) is 2.22. The maximum absolute atomic E-state index is 11.8. The number of ether oxygens (including phenoxy) is 1. The summed E-state index contributed by atoms with van der Waals surface area (Å²) < 4.78 is 6.69. The lowest BCUT2D eigenvalue weighted by Gasteiger charge is -2.05. The van der Waals surface area contributed by atoms with E-state index in [1.165, 1.54) is 12.7 Å². The molecule has 0 aliphatic carbocycles. The number of imidazole rings is 1. The molecular weight excluding hydrogens is 252 g/mol. The molecule has 1 aromatic carbocycles. The van der Waals surface area contributed by atoms with Gasteiger partial charge in [0, 0.05) is 11.8 Å². The average molecular weight is 266 g/mol. The van der Waals surface area contributed by atoms with Crippen molar-refractivity contribution in [3.05, 3.63) is 59.9 Å². The van der Waals surface area contributed by atoms with Crippen LogP contribution in [0.1, 0.15) is 15.9 Å². The van der Waals surface area contributed by atoms with Crippen molar-refractivity contribution in [3.8, 4) is 11.4 Å². The normalized spacial score (nSPS) is 10.7. The Morgan fingerprint density at radius 1 is 1.20 bits per heavy atom. The maximum Gasteiger partial charge on any atom is 0.340 e. The standard InChI is InChI=1S/C16H14N2O2/c1-11-5-7-12(8-6-11)15-17-10-14-13(16(19)20-2)4-3-9-18(14)15/h3-10H,1-2H3. The summed E-state index contributed by atoms with van der Waals surface area (Å²) in [6, 6.07) is 11.7. The van der Waals surface area contributed by atoms with Gasteiger partial charge in [-0.05, 0) is 19.1 Å². The second kappa shape index (κ2) is 4.81. The SMILES string of the molecule is COC(=O)c1cccn2c(-c3ccc(C)cc3)ncc12. The van der Waals surface area contributed by atoms with Gasteiger partial charge in [-0.3, -0.25) is 4.40 Å². The van der Waals surface area contributed by atoms with Crippen LogP contribution in [-0.4, -0.2) is 22.5 Å². The van der Waals surface area contributed by atoms with Crippen molar-refractivity contribution in [3.63, 3.8) is 0 Å².